The topological polar surface area (TPSA) is 59.0 Å². The van der Waals surface area contributed by atoms with E-state index < -0.39 is 5.97 Å². The summed E-state index contributed by atoms with van der Waals surface area (Å²) >= 11 is 12.9. The monoisotopic (exact) mass is 406 g/mol. The van der Waals surface area contributed by atoms with Crippen LogP contribution >= 0.6 is 35.0 Å². The molecule has 26 heavy (non-hydrogen) atoms. The molecule has 2 aromatic carbocycles. The minimum absolute atomic E-state index is 0.222. The summed E-state index contributed by atoms with van der Waals surface area (Å²) < 4.78 is 4.61. The number of hydrogen-bond acceptors (Lipinski definition) is 5. The van der Waals surface area contributed by atoms with Crippen LogP contribution in [-0.2, 0) is 14.3 Å². The molecule has 132 valence electrons. The SMILES string of the molecule is COC(=O)C=C1SC(=Nc2ccc(Cl)cc2)N(c2ccc(Cl)cc2)C1=O. The van der Waals surface area contributed by atoms with Gasteiger partial charge in [-0.1, -0.05) is 23.2 Å². The van der Waals surface area contributed by atoms with Crippen LogP contribution in [0.15, 0.2) is 64.5 Å². The van der Waals surface area contributed by atoms with Gasteiger partial charge in [0.2, 0.25) is 0 Å². The highest BCUT2D eigenvalue weighted by atomic mass is 35.5. The molecule has 0 unspecified atom stereocenters. The Morgan fingerprint density at radius 3 is 2.23 bits per heavy atom. The van der Waals surface area contributed by atoms with E-state index >= 15 is 0 Å². The molecule has 5 nitrogen and oxygen atoms in total. The van der Waals surface area contributed by atoms with Crippen molar-refractivity contribution in [3.8, 4) is 0 Å². The van der Waals surface area contributed by atoms with Gasteiger partial charge in [-0.25, -0.2) is 9.79 Å². The molecular formula is C18H12Cl2N2O3S. The zero-order chi connectivity index (χ0) is 18.7. The summed E-state index contributed by atoms with van der Waals surface area (Å²) in [5.74, 6) is -0.972. The molecule has 0 bridgehead atoms. The lowest BCUT2D eigenvalue weighted by atomic mass is 10.3. The lowest BCUT2D eigenvalue weighted by Crippen LogP contribution is -2.28. The number of ether oxygens (including phenoxy) is 1. The lowest BCUT2D eigenvalue weighted by Gasteiger charge is -2.15. The van der Waals surface area contributed by atoms with Gasteiger partial charge < -0.3 is 4.74 Å². The fraction of sp³-hybridized carbons (Fsp3) is 0.0556. The number of anilines is 1. The van der Waals surface area contributed by atoms with Gasteiger partial charge in [-0.3, -0.25) is 9.69 Å². The van der Waals surface area contributed by atoms with Gasteiger partial charge in [0.1, 0.15) is 0 Å². The molecule has 0 aromatic heterocycles. The third-order valence-electron chi connectivity index (χ3n) is 3.39. The average Bonchev–Trinajstić information content (AvgIpc) is 2.93. The molecule has 1 amide bonds. The van der Waals surface area contributed by atoms with Crippen LogP contribution in [-0.4, -0.2) is 24.2 Å². The van der Waals surface area contributed by atoms with Crippen molar-refractivity contribution in [2.75, 3.05) is 12.0 Å². The number of hydrogen-bond donors (Lipinski definition) is 0. The van der Waals surface area contributed by atoms with Gasteiger partial charge >= 0.3 is 5.97 Å². The molecular weight excluding hydrogens is 395 g/mol. The first-order chi connectivity index (χ1) is 12.5. The Hall–Kier alpha value is -2.28. The Morgan fingerprint density at radius 1 is 1.08 bits per heavy atom. The normalized spacial score (nSPS) is 17.2. The van der Waals surface area contributed by atoms with Crippen molar-refractivity contribution >= 4 is 63.4 Å². The summed E-state index contributed by atoms with van der Waals surface area (Å²) in [6, 6.07) is 13.7. The standard InChI is InChI=1S/C18H12Cl2N2O3S/c1-25-16(23)10-15-17(24)22(14-8-4-12(20)5-9-14)18(26-15)21-13-6-2-11(19)3-7-13/h2-10H,1H3. The van der Waals surface area contributed by atoms with Crippen LogP contribution in [0.5, 0.6) is 0 Å². The van der Waals surface area contributed by atoms with Crippen LogP contribution in [0.25, 0.3) is 0 Å². The van der Waals surface area contributed by atoms with Gasteiger partial charge in [-0.2, -0.15) is 0 Å². The molecule has 0 N–H and O–H groups in total. The van der Waals surface area contributed by atoms with Gasteiger partial charge in [0.05, 0.1) is 23.4 Å². The van der Waals surface area contributed by atoms with Crippen molar-refractivity contribution in [2.24, 2.45) is 4.99 Å². The number of carbonyl (C=O) groups is 2. The second kappa shape index (κ2) is 7.95. The summed E-state index contributed by atoms with van der Waals surface area (Å²) in [4.78, 5) is 30.5. The van der Waals surface area contributed by atoms with Crippen LogP contribution < -0.4 is 4.90 Å². The quantitative estimate of drug-likeness (QED) is 0.541. The number of methoxy groups -OCH3 is 1. The average molecular weight is 407 g/mol. The molecule has 0 atom stereocenters. The van der Waals surface area contributed by atoms with Crippen LogP contribution in [0.2, 0.25) is 10.0 Å². The maximum atomic E-state index is 12.8. The molecule has 0 spiro atoms. The van der Waals surface area contributed by atoms with Crippen LogP contribution in [0, 0.1) is 0 Å². The van der Waals surface area contributed by atoms with Gasteiger partial charge in [-0.05, 0) is 60.3 Å². The maximum absolute atomic E-state index is 12.8. The van der Waals surface area contributed by atoms with Gasteiger partial charge in [0, 0.05) is 16.1 Å². The number of rotatable bonds is 3. The molecule has 3 rings (SSSR count). The van der Waals surface area contributed by atoms with Crippen molar-refractivity contribution in [3.63, 3.8) is 0 Å². The van der Waals surface area contributed by atoms with E-state index in [-0.39, 0.29) is 10.8 Å². The molecule has 0 radical (unpaired) electrons. The van der Waals surface area contributed by atoms with Crippen molar-refractivity contribution in [2.45, 2.75) is 0 Å². The maximum Gasteiger partial charge on any atom is 0.331 e. The number of benzene rings is 2. The third-order valence-corrected chi connectivity index (χ3v) is 4.87. The summed E-state index contributed by atoms with van der Waals surface area (Å²) in [6.07, 6.45) is 1.15. The van der Waals surface area contributed by atoms with Crippen LogP contribution in [0.1, 0.15) is 0 Å². The highest BCUT2D eigenvalue weighted by Gasteiger charge is 2.35. The molecule has 1 heterocycles. The minimum atomic E-state index is -0.607. The molecule has 2 aromatic rings. The summed E-state index contributed by atoms with van der Waals surface area (Å²) in [5, 5.41) is 1.55. The lowest BCUT2D eigenvalue weighted by molar-refractivity contribution is -0.135. The van der Waals surface area contributed by atoms with Gasteiger partial charge in [0.15, 0.2) is 5.17 Å². The first-order valence-electron chi connectivity index (χ1n) is 7.39. The Kier molecular flexibility index (Phi) is 5.66. The van der Waals surface area contributed by atoms with Gasteiger partial charge in [0.25, 0.3) is 5.91 Å². The first kappa shape index (κ1) is 18.5. The molecule has 1 aliphatic heterocycles. The fourth-order valence-corrected chi connectivity index (χ4v) is 3.37. The summed E-state index contributed by atoms with van der Waals surface area (Å²) in [6.45, 7) is 0. The number of nitrogens with zero attached hydrogens (tertiary/aromatic N) is 2. The van der Waals surface area contributed by atoms with E-state index in [1.165, 1.54) is 12.0 Å². The number of halogens is 2. The van der Waals surface area contributed by atoms with Crippen molar-refractivity contribution < 1.29 is 14.3 Å². The first-order valence-corrected chi connectivity index (χ1v) is 8.97. The van der Waals surface area contributed by atoms with Crippen molar-refractivity contribution in [1.82, 2.24) is 0 Å². The highest BCUT2D eigenvalue weighted by Crippen LogP contribution is 2.36. The Balaban J connectivity index is 2.04. The summed E-state index contributed by atoms with van der Waals surface area (Å²) in [7, 11) is 1.25. The highest BCUT2D eigenvalue weighted by molar-refractivity contribution is 8.19. The Labute approximate surface area is 164 Å². The molecule has 0 aliphatic carbocycles. The second-order valence-electron chi connectivity index (χ2n) is 5.12. The third kappa shape index (κ3) is 4.09. The number of esters is 1. The number of aliphatic imine (C=N–C) groups is 1. The molecule has 1 aliphatic rings. The smallest absolute Gasteiger partial charge is 0.331 e. The summed E-state index contributed by atoms with van der Waals surface area (Å²) in [5.41, 5.74) is 1.22. The second-order valence-corrected chi connectivity index (χ2v) is 7.00. The van der Waals surface area contributed by atoms with Crippen LogP contribution in [0.3, 0.4) is 0 Å². The van der Waals surface area contributed by atoms with Crippen molar-refractivity contribution in [1.29, 1.82) is 0 Å². The number of amides is 1. The Bertz CT molecular complexity index is 909. The molecule has 1 fully saturated rings. The number of carbonyl (C=O) groups excluding carboxylic acids is 2. The zero-order valence-electron chi connectivity index (χ0n) is 13.5. The van der Waals surface area contributed by atoms with E-state index in [0.29, 0.717) is 26.6 Å². The van der Waals surface area contributed by atoms with E-state index in [2.05, 4.69) is 9.73 Å². The molecule has 0 saturated carbocycles. The van der Waals surface area contributed by atoms with E-state index in [0.717, 1.165) is 17.8 Å². The van der Waals surface area contributed by atoms with E-state index in [4.69, 9.17) is 23.2 Å². The largest absolute Gasteiger partial charge is 0.466 e. The fourth-order valence-electron chi connectivity index (χ4n) is 2.16. The Morgan fingerprint density at radius 2 is 1.65 bits per heavy atom. The molecule has 8 heteroatoms. The van der Waals surface area contributed by atoms with E-state index in [1.54, 1.807) is 48.5 Å². The zero-order valence-corrected chi connectivity index (χ0v) is 15.8. The predicted octanol–water partition coefficient (Wildman–Crippen LogP) is 4.82. The predicted molar refractivity (Wildman–Crippen MR) is 105 cm³/mol. The van der Waals surface area contributed by atoms with E-state index in [9.17, 15) is 9.59 Å². The number of thioether (sulfide) groups is 1. The van der Waals surface area contributed by atoms with E-state index in [1.807, 2.05) is 0 Å². The van der Waals surface area contributed by atoms with Crippen LogP contribution in [0.4, 0.5) is 11.4 Å². The van der Waals surface area contributed by atoms with Gasteiger partial charge in [-0.15, -0.1) is 0 Å². The molecule has 1 saturated heterocycles. The number of amidine groups is 1. The minimum Gasteiger partial charge on any atom is -0.466 e. The van der Waals surface area contributed by atoms with Crippen molar-refractivity contribution in [3.05, 3.63) is 69.6 Å².